The molecule has 0 aliphatic heterocycles. The molecule has 2 aromatic heterocycles. The Bertz CT molecular complexity index is 827. The largest absolute Gasteiger partial charge is 0.487 e. The van der Waals surface area contributed by atoms with E-state index < -0.39 is 0 Å². The number of nitrogens with one attached hydrogen (secondary N) is 1. The lowest BCUT2D eigenvalue weighted by atomic mass is 10.0. The molecule has 0 radical (unpaired) electrons. The van der Waals surface area contributed by atoms with Crippen molar-refractivity contribution in [2.45, 2.75) is 39.2 Å². The van der Waals surface area contributed by atoms with E-state index in [1.54, 1.807) is 12.4 Å². The van der Waals surface area contributed by atoms with E-state index >= 15 is 0 Å². The van der Waals surface area contributed by atoms with Gasteiger partial charge in [-0.15, -0.1) is 0 Å². The number of carbonyl (C=O) groups is 1. The third kappa shape index (κ3) is 5.02. The number of nitrogens with zero attached hydrogens (tertiary/aromatic N) is 2. The van der Waals surface area contributed by atoms with Crippen molar-refractivity contribution in [1.29, 1.82) is 0 Å². The van der Waals surface area contributed by atoms with Gasteiger partial charge in [-0.25, -0.2) is 0 Å². The Morgan fingerprint density at radius 3 is 2.77 bits per heavy atom. The standard InChI is InChI=1S/C21H23N3O2/c1-2-3-7-18(25)13-16-5-4-6-17(12-16)15-26-19-8-9-20(22-14-19)21-10-11-23-24-21/h4-6,8-12,14H,2-3,7,13,15H2,1H3,(H,23,24). The average Bonchev–Trinajstić information content (AvgIpc) is 3.20. The Hall–Kier alpha value is -2.95. The fourth-order valence-electron chi connectivity index (χ4n) is 2.71. The number of aromatic amines is 1. The fourth-order valence-corrected chi connectivity index (χ4v) is 2.71. The SMILES string of the molecule is CCCCC(=O)Cc1cccc(COc2ccc(-c3ccn[nH]3)nc2)c1. The van der Waals surface area contributed by atoms with E-state index in [1.165, 1.54) is 0 Å². The summed E-state index contributed by atoms with van der Waals surface area (Å²) in [5, 5.41) is 6.81. The number of rotatable bonds is 9. The van der Waals surface area contributed by atoms with Gasteiger partial charge in [0, 0.05) is 19.0 Å². The number of hydrogen-bond donors (Lipinski definition) is 1. The number of Topliss-reactive ketones (excluding diaryl/α,β-unsaturated/α-hetero) is 1. The maximum absolute atomic E-state index is 11.9. The molecule has 0 fully saturated rings. The molecule has 0 aliphatic rings. The van der Waals surface area contributed by atoms with Gasteiger partial charge < -0.3 is 4.74 Å². The van der Waals surface area contributed by atoms with Crippen molar-refractivity contribution < 1.29 is 9.53 Å². The number of hydrogen-bond acceptors (Lipinski definition) is 4. The van der Waals surface area contributed by atoms with Crippen LogP contribution in [0.3, 0.4) is 0 Å². The summed E-state index contributed by atoms with van der Waals surface area (Å²) in [5.41, 5.74) is 3.78. The van der Waals surface area contributed by atoms with Crippen LogP contribution in [0.15, 0.2) is 54.9 Å². The van der Waals surface area contributed by atoms with E-state index in [4.69, 9.17) is 4.74 Å². The molecule has 5 heteroatoms. The topological polar surface area (TPSA) is 67.9 Å². The molecular weight excluding hydrogens is 326 g/mol. The molecule has 3 aromatic rings. The molecule has 5 nitrogen and oxygen atoms in total. The van der Waals surface area contributed by atoms with E-state index in [-0.39, 0.29) is 0 Å². The second kappa shape index (κ2) is 8.94. The Balaban J connectivity index is 1.56. The number of ketones is 1. The van der Waals surface area contributed by atoms with Crippen molar-refractivity contribution in [3.63, 3.8) is 0 Å². The first-order valence-corrected chi connectivity index (χ1v) is 8.92. The number of benzene rings is 1. The van der Waals surface area contributed by atoms with Crippen LogP contribution in [-0.2, 0) is 17.8 Å². The van der Waals surface area contributed by atoms with Crippen molar-refractivity contribution in [3.05, 3.63) is 66.0 Å². The lowest BCUT2D eigenvalue weighted by Crippen LogP contribution is -2.03. The quantitative estimate of drug-likeness (QED) is 0.623. The van der Waals surface area contributed by atoms with Crippen molar-refractivity contribution in [1.82, 2.24) is 15.2 Å². The monoisotopic (exact) mass is 349 g/mol. The average molecular weight is 349 g/mol. The Labute approximate surface area is 153 Å². The van der Waals surface area contributed by atoms with Gasteiger partial charge in [0.05, 0.1) is 17.6 Å². The van der Waals surface area contributed by atoms with E-state index in [9.17, 15) is 4.79 Å². The minimum atomic E-state index is 0.295. The van der Waals surface area contributed by atoms with Crippen LogP contribution >= 0.6 is 0 Å². The van der Waals surface area contributed by atoms with Crippen LogP contribution in [0, 0.1) is 0 Å². The first kappa shape index (κ1) is 17.9. The molecule has 3 rings (SSSR count). The molecule has 0 amide bonds. The predicted molar refractivity (Wildman–Crippen MR) is 101 cm³/mol. The van der Waals surface area contributed by atoms with Crippen LogP contribution in [0.5, 0.6) is 5.75 Å². The summed E-state index contributed by atoms with van der Waals surface area (Å²) in [6.07, 6.45) is 6.56. The first-order chi connectivity index (χ1) is 12.7. The Morgan fingerprint density at radius 1 is 1.15 bits per heavy atom. The van der Waals surface area contributed by atoms with Gasteiger partial charge in [-0.2, -0.15) is 5.10 Å². The molecule has 26 heavy (non-hydrogen) atoms. The summed E-state index contributed by atoms with van der Waals surface area (Å²) < 4.78 is 5.82. The number of ether oxygens (including phenoxy) is 1. The summed E-state index contributed by atoms with van der Waals surface area (Å²) >= 11 is 0. The molecule has 0 bridgehead atoms. The third-order valence-corrected chi connectivity index (χ3v) is 4.12. The minimum absolute atomic E-state index is 0.295. The van der Waals surface area contributed by atoms with Gasteiger partial charge in [0.2, 0.25) is 0 Å². The maximum Gasteiger partial charge on any atom is 0.138 e. The van der Waals surface area contributed by atoms with Gasteiger partial charge in [-0.05, 0) is 35.7 Å². The van der Waals surface area contributed by atoms with Gasteiger partial charge in [-0.1, -0.05) is 37.6 Å². The highest BCUT2D eigenvalue weighted by molar-refractivity contribution is 5.80. The van der Waals surface area contributed by atoms with Crippen LogP contribution < -0.4 is 4.74 Å². The molecule has 134 valence electrons. The highest BCUT2D eigenvalue weighted by Crippen LogP contribution is 2.18. The number of H-pyrrole nitrogens is 1. The molecule has 0 saturated carbocycles. The molecule has 2 heterocycles. The zero-order valence-corrected chi connectivity index (χ0v) is 14.9. The van der Waals surface area contributed by atoms with Crippen LogP contribution in [0.2, 0.25) is 0 Å². The van der Waals surface area contributed by atoms with Crippen molar-refractivity contribution in [2.75, 3.05) is 0 Å². The van der Waals surface area contributed by atoms with Gasteiger partial charge in [0.15, 0.2) is 0 Å². The third-order valence-electron chi connectivity index (χ3n) is 4.12. The second-order valence-corrected chi connectivity index (χ2v) is 6.28. The van der Waals surface area contributed by atoms with Crippen molar-refractivity contribution in [3.8, 4) is 17.1 Å². The summed E-state index contributed by atoms with van der Waals surface area (Å²) in [6.45, 7) is 2.55. The van der Waals surface area contributed by atoms with Gasteiger partial charge in [-0.3, -0.25) is 14.9 Å². The van der Waals surface area contributed by atoms with Crippen LogP contribution in [0.1, 0.15) is 37.3 Å². The molecule has 1 N–H and O–H groups in total. The molecule has 0 unspecified atom stereocenters. The van der Waals surface area contributed by atoms with Crippen LogP contribution in [0.25, 0.3) is 11.4 Å². The van der Waals surface area contributed by atoms with Crippen molar-refractivity contribution in [2.24, 2.45) is 0 Å². The van der Waals surface area contributed by atoms with Gasteiger partial charge >= 0.3 is 0 Å². The van der Waals surface area contributed by atoms with E-state index in [0.29, 0.717) is 31.0 Å². The summed E-state index contributed by atoms with van der Waals surface area (Å²) in [7, 11) is 0. The number of carbonyl (C=O) groups excluding carboxylic acids is 1. The Morgan fingerprint density at radius 2 is 2.04 bits per heavy atom. The highest BCUT2D eigenvalue weighted by Gasteiger charge is 2.05. The smallest absolute Gasteiger partial charge is 0.138 e. The zero-order valence-electron chi connectivity index (χ0n) is 14.9. The van der Waals surface area contributed by atoms with Gasteiger partial charge in [0.25, 0.3) is 0 Å². The van der Waals surface area contributed by atoms with E-state index in [2.05, 4.69) is 22.1 Å². The zero-order chi connectivity index (χ0) is 18.2. The molecule has 0 atom stereocenters. The summed E-state index contributed by atoms with van der Waals surface area (Å²) in [6, 6.07) is 13.7. The normalized spacial score (nSPS) is 10.7. The van der Waals surface area contributed by atoms with Gasteiger partial charge in [0.1, 0.15) is 18.1 Å². The highest BCUT2D eigenvalue weighted by atomic mass is 16.5. The predicted octanol–water partition coefficient (Wildman–Crippen LogP) is 4.35. The first-order valence-electron chi connectivity index (χ1n) is 8.92. The molecule has 0 aliphatic carbocycles. The fraction of sp³-hybridized carbons (Fsp3) is 0.286. The summed E-state index contributed by atoms with van der Waals surface area (Å²) in [5.74, 6) is 1.00. The molecular formula is C21H23N3O2. The van der Waals surface area contributed by atoms with Crippen LogP contribution in [0.4, 0.5) is 0 Å². The molecule has 1 aromatic carbocycles. The number of pyridine rings is 1. The number of aromatic nitrogens is 3. The summed E-state index contributed by atoms with van der Waals surface area (Å²) in [4.78, 5) is 16.3. The van der Waals surface area contributed by atoms with Crippen molar-refractivity contribution >= 4 is 5.78 Å². The van der Waals surface area contributed by atoms with E-state index in [1.807, 2.05) is 42.5 Å². The number of unbranched alkanes of at least 4 members (excludes halogenated alkanes) is 1. The Kier molecular flexibility index (Phi) is 6.14. The lowest BCUT2D eigenvalue weighted by Gasteiger charge is -2.08. The molecule has 0 saturated heterocycles. The van der Waals surface area contributed by atoms with Crippen LogP contribution in [-0.4, -0.2) is 21.0 Å². The van der Waals surface area contributed by atoms with E-state index in [0.717, 1.165) is 35.4 Å². The minimum Gasteiger partial charge on any atom is -0.487 e. The maximum atomic E-state index is 11.9. The second-order valence-electron chi connectivity index (χ2n) is 6.28. The lowest BCUT2D eigenvalue weighted by molar-refractivity contribution is -0.118. The molecule has 0 spiro atoms.